The molecule has 5 nitrogen and oxygen atoms in total. The van der Waals surface area contributed by atoms with E-state index in [9.17, 15) is 4.79 Å². The number of hydrogen-bond donors (Lipinski definition) is 2. The molecular formula is C15H29ClN2O3. The van der Waals surface area contributed by atoms with Crippen LogP contribution in [0.15, 0.2) is 0 Å². The van der Waals surface area contributed by atoms with Gasteiger partial charge in [0, 0.05) is 26.4 Å². The second-order valence-electron chi connectivity index (χ2n) is 6.18. The third-order valence-corrected chi connectivity index (χ3v) is 4.79. The minimum atomic E-state index is -0.348. The van der Waals surface area contributed by atoms with Gasteiger partial charge in [-0.2, -0.15) is 0 Å². The monoisotopic (exact) mass is 320 g/mol. The first-order valence-corrected chi connectivity index (χ1v) is 7.76. The summed E-state index contributed by atoms with van der Waals surface area (Å²) in [6.45, 7) is 6.05. The highest BCUT2D eigenvalue weighted by Crippen LogP contribution is 2.30. The minimum absolute atomic E-state index is 0. The molecule has 1 amide bonds. The summed E-state index contributed by atoms with van der Waals surface area (Å²) in [5, 5.41) is 6.56. The summed E-state index contributed by atoms with van der Waals surface area (Å²) in [6.07, 6.45) is 3.79. The Bertz CT molecular complexity index is 311. The lowest BCUT2D eigenvalue weighted by Gasteiger charge is -2.38. The van der Waals surface area contributed by atoms with Crippen molar-refractivity contribution in [1.82, 2.24) is 10.6 Å². The molecule has 2 saturated heterocycles. The Labute approximate surface area is 133 Å². The van der Waals surface area contributed by atoms with Crippen LogP contribution in [0.4, 0.5) is 0 Å². The van der Waals surface area contributed by atoms with Gasteiger partial charge in [0.05, 0.1) is 12.0 Å². The first-order valence-electron chi connectivity index (χ1n) is 7.76. The van der Waals surface area contributed by atoms with Crippen molar-refractivity contribution < 1.29 is 14.3 Å². The molecule has 0 bridgehead atoms. The van der Waals surface area contributed by atoms with Crippen LogP contribution < -0.4 is 10.6 Å². The molecule has 2 rings (SSSR count). The van der Waals surface area contributed by atoms with E-state index in [0.717, 1.165) is 52.0 Å². The van der Waals surface area contributed by atoms with Gasteiger partial charge in [0.15, 0.2) is 0 Å². The largest absolute Gasteiger partial charge is 0.384 e. The molecule has 2 aliphatic heterocycles. The van der Waals surface area contributed by atoms with Crippen LogP contribution in [0.2, 0.25) is 0 Å². The smallest absolute Gasteiger partial charge is 0.228 e. The highest BCUT2D eigenvalue weighted by Gasteiger charge is 2.40. The highest BCUT2D eigenvalue weighted by atomic mass is 35.5. The Kier molecular flexibility index (Phi) is 7.95. The number of methoxy groups -OCH3 is 1. The fourth-order valence-electron chi connectivity index (χ4n) is 3.31. The van der Waals surface area contributed by atoms with E-state index in [1.54, 1.807) is 7.11 Å². The van der Waals surface area contributed by atoms with E-state index in [2.05, 4.69) is 17.6 Å². The number of piperidine rings is 1. The second-order valence-corrected chi connectivity index (χ2v) is 6.18. The highest BCUT2D eigenvalue weighted by molar-refractivity contribution is 5.85. The van der Waals surface area contributed by atoms with Gasteiger partial charge in [-0.3, -0.25) is 4.79 Å². The lowest BCUT2D eigenvalue weighted by Crippen LogP contribution is -2.53. The quantitative estimate of drug-likeness (QED) is 0.803. The topological polar surface area (TPSA) is 59.6 Å². The van der Waals surface area contributed by atoms with Crippen molar-refractivity contribution in [1.29, 1.82) is 0 Å². The fourth-order valence-corrected chi connectivity index (χ4v) is 3.31. The Morgan fingerprint density at radius 3 is 2.57 bits per heavy atom. The van der Waals surface area contributed by atoms with E-state index >= 15 is 0 Å². The number of carbonyl (C=O) groups is 1. The molecule has 124 valence electrons. The van der Waals surface area contributed by atoms with Gasteiger partial charge in [-0.25, -0.2) is 0 Å². The number of carbonyl (C=O) groups excluding carboxylic acids is 1. The van der Waals surface area contributed by atoms with Crippen molar-refractivity contribution in [3.05, 3.63) is 0 Å². The molecule has 0 aromatic heterocycles. The lowest BCUT2D eigenvalue weighted by molar-refractivity contribution is -0.137. The first kappa shape index (κ1) is 18.7. The van der Waals surface area contributed by atoms with Gasteiger partial charge < -0.3 is 20.1 Å². The molecule has 0 aromatic rings. The van der Waals surface area contributed by atoms with Gasteiger partial charge in [-0.05, 0) is 51.6 Å². The van der Waals surface area contributed by atoms with E-state index in [1.807, 2.05) is 0 Å². The molecule has 2 heterocycles. The molecule has 1 atom stereocenters. The molecule has 0 spiro atoms. The predicted molar refractivity (Wildman–Crippen MR) is 84.8 cm³/mol. The summed E-state index contributed by atoms with van der Waals surface area (Å²) in [4.78, 5) is 12.7. The van der Waals surface area contributed by atoms with Crippen LogP contribution in [-0.2, 0) is 14.3 Å². The molecule has 0 aliphatic carbocycles. The van der Waals surface area contributed by atoms with Gasteiger partial charge in [-0.1, -0.05) is 0 Å². The van der Waals surface area contributed by atoms with Crippen molar-refractivity contribution in [3.8, 4) is 0 Å². The zero-order valence-electron chi connectivity index (χ0n) is 13.2. The van der Waals surface area contributed by atoms with E-state index < -0.39 is 0 Å². The van der Waals surface area contributed by atoms with Crippen LogP contribution in [-0.4, -0.2) is 52.0 Å². The SMILES string of the molecule is COCC1(C(=O)NC(C)C2CCOCC2)CCNCC1.Cl. The Morgan fingerprint density at radius 1 is 1.38 bits per heavy atom. The summed E-state index contributed by atoms with van der Waals surface area (Å²) in [5.41, 5.74) is -0.348. The molecule has 1 unspecified atom stereocenters. The summed E-state index contributed by atoms with van der Waals surface area (Å²) in [7, 11) is 1.68. The van der Waals surface area contributed by atoms with Crippen LogP contribution in [0.25, 0.3) is 0 Å². The zero-order valence-corrected chi connectivity index (χ0v) is 14.0. The lowest BCUT2D eigenvalue weighted by atomic mass is 9.78. The summed E-state index contributed by atoms with van der Waals surface area (Å²) in [6, 6.07) is 0.218. The van der Waals surface area contributed by atoms with Crippen molar-refractivity contribution >= 4 is 18.3 Å². The third-order valence-electron chi connectivity index (χ3n) is 4.79. The van der Waals surface area contributed by atoms with Crippen molar-refractivity contribution in [2.45, 2.75) is 38.6 Å². The van der Waals surface area contributed by atoms with Crippen LogP contribution in [0.3, 0.4) is 0 Å². The standard InChI is InChI=1S/C15H28N2O3.ClH/c1-12(13-3-9-20-10-4-13)17-14(18)15(11-19-2)5-7-16-8-6-15;/h12-13,16H,3-11H2,1-2H3,(H,17,18);1H. The van der Waals surface area contributed by atoms with Crippen LogP contribution in [0, 0.1) is 11.3 Å². The number of rotatable bonds is 5. The number of ether oxygens (including phenoxy) is 2. The number of hydrogen-bond acceptors (Lipinski definition) is 4. The number of nitrogens with one attached hydrogen (secondary N) is 2. The first-order chi connectivity index (χ1) is 9.68. The summed E-state index contributed by atoms with van der Waals surface area (Å²) >= 11 is 0. The molecule has 2 aliphatic rings. The molecule has 2 N–H and O–H groups in total. The van der Waals surface area contributed by atoms with Gasteiger partial charge in [0.1, 0.15) is 0 Å². The van der Waals surface area contributed by atoms with E-state index in [0.29, 0.717) is 12.5 Å². The average Bonchev–Trinajstić information content (AvgIpc) is 2.49. The molecule has 0 saturated carbocycles. The second kappa shape index (κ2) is 8.93. The summed E-state index contributed by atoms with van der Waals surface area (Å²) < 4.78 is 10.7. The summed E-state index contributed by atoms with van der Waals surface area (Å²) in [5.74, 6) is 0.703. The number of halogens is 1. The maximum Gasteiger partial charge on any atom is 0.228 e. The van der Waals surface area contributed by atoms with Crippen molar-refractivity contribution in [2.24, 2.45) is 11.3 Å². The molecular weight excluding hydrogens is 292 g/mol. The van der Waals surface area contributed by atoms with Gasteiger partial charge >= 0.3 is 0 Å². The third kappa shape index (κ3) is 4.81. The van der Waals surface area contributed by atoms with Gasteiger partial charge in [0.2, 0.25) is 5.91 Å². The molecule has 2 fully saturated rings. The number of amides is 1. The Balaban J connectivity index is 0.00000220. The molecule has 21 heavy (non-hydrogen) atoms. The average molecular weight is 321 g/mol. The maximum absolute atomic E-state index is 12.7. The van der Waals surface area contributed by atoms with E-state index in [1.165, 1.54) is 0 Å². The Morgan fingerprint density at radius 2 is 2.00 bits per heavy atom. The zero-order chi connectivity index (χ0) is 14.4. The van der Waals surface area contributed by atoms with Gasteiger partial charge in [-0.15, -0.1) is 12.4 Å². The van der Waals surface area contributed by atoms with Gasteiger partial charge in [0.25, 0.3) is 0 Å². The molecule has 0 aromatic carbocycles. The van der Waals surface area contributed by atoms with Crippen molar-refractivity contribution in [3.63, 3.8) is 0 Å². The fraction of sp³-hybridized carbons (Fsp3) is 0.933. The molecule has 6 heteroatoms. The van der Waals surface area contributed by atoms with Crippen LogP contribution in [0.5, 0.6) is 0 Å². The van der Waals surface area contributed by atoms with Crippen LogP contribution >= 0.6 is 12.4 Å². The minimum Gasteiger partial charge on any atom is -0.384 e. The normalized spacial score (nSPS) is 23.9. The Hall–Kier alpha value is -0.360. The maximum atomic E-state index is 12.7. The van der Waals surface area contributed by atoms with E-state index in [4.69, 9.17) is 9.47 Å². The molecule has 0 radical (unpaired) electrons. The van der Waals surface area contributed by atoms with Crippen LogP contribution in [0.1, 0.15) is 32.6 Å². The van der Waals surface area contributed by atoms with Crippen molar-refractivity contribution in [2.75, 3.05) is 40.0 Å². The predicted octanol–water partition coefficient (Wildman–Crippen LogP) is 1.36. The van der Waals surface area contributed by atoms with E-state index in [-0.39, 0.29) is 29.8 Å².